The van der Waals surface area contributed by atoms with E-state index < -0.39 is 0 Å². The highest BCUT2D eigenvalue weighted by atomic mass is 35.5. The third kappa shape index (κ3) is 6.43. The minimum Gasteiger partial charge on any atom is -0.339 e. The van der Waals surface area contributed by atoms with Crippen molar-refractivity contribution >= 4 is 42.3 Å². The van der Waals surface area contributed by atoms with Gasteiger partial charge < -0.3 is 15.5 Å². The highest BCUT2D eigenvalue weighted by molar-refractivity contribution is 5.92. The molecule has 3 rings (SSSR count). The molecule has 2 N–H and O–H groups in total. The molecule has 1 aromatic rings. The molecule has 0 aliphatic carbocycles. The third-order valence-corrected chi connectivity index (χ3v) is 4.72. The van der Waals surface area contributed by atoms with Crippen molar-refractivity contribution in [3.8, 4) is 0 Å². The van der Waals surface area contributed by atoms with E-state index in [1.807, 2.05) is 35.2 Å². The smallest absolute Gasteiger partial charge is 0.239 e. The maximum Gasteiger partial charge on any atom is 0.239 e. The molecule has 6 nitrogen and oxygen atoms in total. The van der Waals surface area contributed by atoms with Crippen LogP contribution in [0.25, 0.3) is 0 Å². The van der Waals surface area contributed by atoms with Gasteiger partial charge in [-0.3, -0.25) is 14.5 Å². The lowest BCUT2D eigenvalue weighted by molar-refractivity contribution is -0.135. The molecule has 26 heavy (non-hydrogen) atoms. The molecule has 0 radical (unpaired) electrons. The Morgan fingerprint density at radius 3 is 2.35 bits per heavy atom. The fourth-order valence-corrected chi connectivity index (χ4v) is 3.33. The van der Waals surface area contributed by atoms with E-state index >= 15 is 0 Å². The minimum atomic E-state index is -0.00770. The summed E-state index contributed by atoms with van der Waals surface area (Å²) in [6.07, 6.45) is 3.23. The Kier molecular flexibility index (Phi) is 9.94. The van der Waals surface area contributed by atoms with Gasteiger partial charge in [-0.1, -0.05) is 24.6 Å². The Bertz CT molecular complexity index is 560. The van der Waals surface area contributed by atoms with Crippen molar-refractivity contribution in [1.29, 1.82) is 0 Å². The van der Waals surface area contributed by atoms with E-state index in [0.717, 1.165) is 44.6 Å². The Morgan fingerprint density at radius 1 is 1.04 bits per heavy atom. The zero-order chi connectivity index (χ0) is 16.8. The van der Waals surface area contributed by atoms with Crippen LogP contribution in [0.4, 0.5) is 5.69 Å². The van der Waals surface area contributed by atoms with Crippen LogP contribution < -0.4 is 10.6 Å². The van der Waals surface area contributed by atoms with Gasteiger partial charge in [0.2, 0.25) is 11.8 Å². The third-order valence-electron chi connectivity index (χ3n) is 4.72. The first-order valence-corrected chi connectivity index (χ1v) is 8.82. The molecule has 2 amide bonds. The average Bonchev–Trinajstić information content (AvgIpc) is 2.63. The molecule has 0 saturated carbocycles. The number of para-hydroxylation sites is 1. The fourth-order valence-electron chi connectivity index (χ4n) is 3.33. The van der Waals surface area contributed by atoms with Gasteiger partial charge in [0.15, 0.2) is 0 Å². The van der Waals surface area contributed by atoms with E-state index in [4.69, 9.17) is 0 Å². The van der Waals surface area contributed by atoms with Crippen LogP contribution in [0.3, 0.4) is 0 Å². The first-order valence-electron chi connectivity index (χ1n) is 8.82. The number of halogens is 2. The largest absolute Gasteiger partial charge is 0.339 e. The highest BCUT2D eigenvalue weighted by Gasteiger charge is 2.28. The molecule has 1 aromatic carbocycles. The second-order valence-corrected chi connectivity index (χ2v) is 6.52. The molecule has 146 valence electrons. The molecular weight excluding hydrogens is 375 g/mol. The molecule has 8 heteroatoms. The fraction of sp³-hybridized carbons (Fsp3) is 0.556. The van der Waals surface area contributed by atoms with Crippen molar-refractivity contribution in [3.63, 3.8) is 0 Å². The average molecular weight is 403 g/mol. The summed E-state index contributed by atoms with van der Waals surface area (Å²) in [6, 6.07) is 9.48. The van der Waals surface area contributed by atoms with Gasteiger partial charge >= 0.3 is 0 Å². The van der Waals surface area contributed by atoms with Crippen LogP contribution in [0.15, 0.2) is 30.3 Å². The Balaban J connectivity index is 0.00000169. The normalized spacial score (nSPS) is 20.5. The second-order valence-electron chi connectivity index (χ2n) is 6.52. The zero-order valence-corrected chi connectivity index (χ0v) is 16.5. The number of hydrogen-bond acceptors (Lipinski definition) is 4. The summed E-state index contributed by atoms with van der Waals surface area (Å²) >= 11 is 0. The number of rotatable bonds is 4. The molecule has 2 saturated heterocycles. The van der Waals surface area contributed by atoms with E-state index in [-0.39, 0.29) is 42.7 Å². The zero-order valence-electron chi connectivity index (χ0n) is 14.9. The van der Waals surface area contributed by atoms with E-state index in [9.17, 15) is 9.59 Å². The molecule has 0 spiro atoms. The lowest BCUT2D eigenvalue weighted by atomic mass is 10.0. The molecular formula is C18H28Cl2N4O2. The van der Waals surface area contributed by atoms with Gasteiger partial charge in [-0.05, 0) is 31.5 Å². The molecule has 2 aliphatic rings. The standard InChI is InChI=1S/C18H26N4O2.2ClH/c23-17(20-15-6-2-1-3-7-15)14-21-10-12-22(13-11-21)18(24)16-8-4-5-9-19-16;;/h1-3,6-7,16,19H,4-5,8-14H2,(H,20,23);2*1H. The predicted octanol–water partition coefficient (Wildman–Crippen LogP) is 1.75. The number of hydrogen-bond donors (Lipinski definition) is 2. The number of nitrogens with zero attached hydrogens (tertiary/aromatic N) is 2. The van der Waals surface area contributed by atoms with Crippen LogP contribution in [-0.2, 0) is 9.59 Å². The number of carbonyl (C=O) groups is 2. The van der Waals surface area contributed by atoms with Gasteiger partial charge in [-0.25, -0.2) is 0 Å². The van der Waals surface area contributed by atoms with E-state index in [2.05, 4.69) is 15.5 Å². The summed E-state index contributed by atoms with van der Waals surface area (Å²) < 4.78 is 0. The van der Waals surface area contributed by atoms with Gasteiger partial charge in [0.1, 0.15) is 0 Å². The number of carbonyl (C=O) groups excluding carboxylic acids is 2. The molecule has 1 unspecified atom stereocenters. The quantitative estimate of drug-likeness (QED) is 0.804. The molecule has 2 aliphatic heterocycles. The number of amides is 2. The summed E-state index contributed by atoms with van der Waals surface area (Å²) in [5, 5.41) is 6.22. The number of piperidine rings is 1. The Hall–Kier alpha value is -1.34. The van der Waals surface area contributed by atoms with Crippen molar-refractivity contribution in [3.05, 3.63) is 30.3 Å². The summed E-state index contributed by atoms with van der Waals surface area (Å²) in [6.45, 7) is 4.22. The monoisotopic (exact) mass is 402 g/mol. The second kappa shape index (κ2) is 11.4. The molecule has 1 atom stereocenters. The van der Waals surface area contributed by atoms with Crippen molar-refractivity contribution in [2.75, 3.05) is 44.6 Å². The van der Waals surface area contributed by atoms with Crippen LogP contribution >= 0.6 is 24.8 Å². The number of nitrogens with one attached hydrogen (secondary N) is 2. The number of anilines is 1. The maximum absolute atomic E-state index is 12.5. The number of benzene rings is 1. The van der Waals surface area contributed by atoms with Crippen LogP contribution in [-0.4, -0.2) is 66.9 Å². The van der Waals surface area contributed by atoms with Crippen LogP contribution in [0, 0.1) is 0 Å². The highest BCUT2D eigenvalue weighted by Crippen LogP contribution is 2.12. The van der Waals surface area contributed by atoms with E-state index in [0.29, 0.717) is 19.6 Å². The van der Waals surface area contributed by atoms with E-state index in [1.54, 1.807) is 0 Å². The van der Waals surface area contributed by atoms with Crippen LogP contribution in [0.2, 0.25) is 0 Å². The van der Waals surface area contributed by atoms with E-state index in [1.165, 1.54) is 0 Å². The molecule has 2 fully saturated rings. The summed E-state index contributed by atoms with van der Waals surface area (Å²) in [4.78, 5) is 28.6. The Morgan fingerprint density at radius 2 is 1.73 bits per heavy atom. The lowest BCUT2D eigenvalue weighted by Gasteiger charge is -2.37. The SMILES string of the molecule is Cl.Cl.O=C(CN1CCN(C(=O)C2CCCCN2)CC1)Nc1ccccc1. The molecule has 0 bridgehead atoms. The first kappa shape index (κ1) is 22.7. The van der Waals surface area contributed by atoms with Crippen molar-refractivity contribution < 1.29 is 9.59 Å². The van der Waals surface area contributed by atoms with Crippen LogP contribution in [0.1, 0.15) is 19.3 Å². The van der Waals surface area contributed by atoms with Crippen molar-refractivity contribution in [2.45, 2.75) is 25.3 Å². The summed E-state index contributed by atoms with van der Waals surface area (Å²) in [5.41, 5.74) is 0.819. The van der Waals surface area contributed by atoms with Crippen molar-refractivity contribution in [1.82, 2.24) is 15.1 Å². The van der Waals surface area contributed by atoms with Gasteiger partial charge in [0.25, 0.3) is 0 Å². The summed E-state index contributed by atoms with van der Waals surface area (Å²) in [5.74, 6) is 0.220. The van der Waals surface area contributed by atoms with Gasteiger partial charge in [-0.15, -0.1) is 24.8 Å². The first-order chi connectivity index (χ1) is 11.7. The topological polar surface area (TPSA) is 64.7 Å². The van der Waals surface area contributed by atoms with Crippen molar-refractivity contribution in [2.24, 2.45) is 0 Å². The van der Waals surface area contributed by atoms with Gasteiger partial charge in [0, 0.05) is 31.9 Å². The summed E-state index contributed by atoms with van der Waals surface area (Å²) in [7, 11) is 0. The Labute approximate surface area is 167 Å². The van der Waals surface area contributed by atoms with Gasteiger partial charge in [0.05, 0.1) is 12.6 Å². The lowest BCUT2D eigenvalue weighted by Crippen LogP contribution is -2.55. The maximum atomic E-state index is 12.5. The van der Waals surface area contributed by atoms with Gasteiger partial charge in [-0.2, -0.15) is 0 Å². The number of piperazine rings is 1. The molecule has 0 aromatic heterocycles. The van der Waals surface area contributed by atoms with Crippen LogP contribution in [0.5, 0.6) is 0 Å². The molecule has 2 heterocycles. The minimum absolute atomic E-state index is 0. The predicted molar refractivity (Wildman–Crippen MR) is 108 cm³/mol.